The molecule has 1 aromatic rings. The van der Waals surface area contributed by atoms with E-state index in [0.29, 0.717) is 18.5 Å². The quantitative estimate of drug-likeness (QED) is 0.794. The van der Waals surface area contributed by atoms with Crippen molar-refractivity contribution in [1.82, 2.24) is 0 Å². The van der Waals surface area contributed by atoms with E-state index in [4.69, 9.17) is 5.11 Å². The van der Waals surface area contributed by atoms with Crippen molar-refractivity contribution >= 4 is 29.2 Å². The lowest BCUT2D eigenvalue weighted by molar-refractivity contribution is -0.141. The SMILES string of the molecule is CC(=O)Nc1ccc(F)c(NC(=O)[C@@H]2CC[C@H](C(=O)O)C2)c1. The van der Waals surface area contributed by atoms with Gasteiger partial charge in [0.15, 0.2) is 0 Å². The lowest BCUT2D eigenvalue weighted by Crippen LogP contribution is -2.22. The van der Waals surface area contributed by atoms with E-state index in [-0.39, 0.29) is 18.0 Å². The standard InChI is InChI=1S/C15H17FN2O4/c1-8(19)17-11-4-5-12(16)13(7-11)18-14(20)9-2-3-10(6-9)15(21)22/h4-5,7,9-10H,2-3,6H2,1H3,(H,17,19)(H,18,20)(H,21,22)/t9-,10+/m1/s1. The minimum Gasteiger partial charge on any atom is -0.481 e. The number of carboxylic acid groups (broad SMARTS) is 1. The Hall–Kier alpha value is -2.44. The fourth-order valence-electron chi connectivity index (χ4n) is 2.58. The molecule has 0 saturated heterocycles. The molecule has 0 radical (unpaired) electrons. The Bertz CT molecular complexity index is 618. The Labute approximate surface area is 126 Å². The first-order chi connectivity index (χ1) is 10.4. The first-order valence-electron chi connectivity index (χ1n) is 6.97. The second kappa shape index (κ2) is 6.55. The van der Waals surface area contributed by atoms with E-state index in [9.17, 15) is 18.8 Å². The van der Waals surface area contributed by atoms with Gasteiger partial charge in [-0.1, -0.05) is 0 Å². The number of carbonyl (C=O) groups is 3. The van der Waals surface area contributed by atoms with Crippen molar-refractivity contribution in [2.75, 3.05) is 10.6 Å². The number of carboxylic acids is 1. The third-order valence-corrected chi connectivity index (χ3v) is 3.70. The minimum absolute atomic E-state index is 0.0324. The van der Waals surface area contributed by atoms with Gasteiger partial charge in [-0.25, -0.2) is 4.39 Å². The Balaban J connectivity index is 2.05. The van der Waals surface area contributed by atoms with Crippen LogP contribution in [0, 0.1) is 17.7 Å². The van der Waals surface area contributed by atoms with E-state index in [1.54, 1.807) is 0 Å². The molecule has 1 aliphatic rings. The van der Waals surface area contributed by atoms with Crippen molar-refractivity contribution in [1.29, 1.82) is 0 Å². The van der Waals surface area contributed by atoms with Crippen molar-refractivity contribution in [2.24, 2.45) is 11.8 Å². The van der Waals surface area contributed by atoms with E-state index in [1.165, 1.54) is 19.1 Å². The highest BCUT2D eigenvalue weighted by molar-refractivity contribution is 5.95. The largest absolute Gasteiger partial charge is 0.481 e. The van der Waals surface area contributed by atoms with Crippen molar-refractivity contribution in [3.63, 3.8) is 0 Å². The lowest BCUT2D eigenvalue weighted by atomic mass is 10.0. The number of benzene rings is 1. The van der Waals surface area contributed by atoms with Gasteiger partial charge in [-0.3, -0.25) is 14.4 Å². The first-order valence-corrected chi connectivity index (χ1v) is 6.97. The van der Waals surface area contributed by atoms with Gasteiger partial charge in [-0.05, 0) is 37.5 Å². The number of nitrogens with one attached hydrogen (secondary N) is 2. The fourth-order valence-corrected chi connectivity index (χ4v) is 2.58. The molecule has 0 unspecified atom stereocenters. The third-order valence-electron chi connectivity index (χ3n) is 3.70. The van der Waals surface area contributed by atoms with Crippen molar-refractivity contribution in [3.05, 3.63) is 24.0 Å². The summed E-state index contributed by atoms with van der Waals surface area (Å²) in [5, 5.41) is 13.9. The van der Waals surface area contributed by atoms with Gasteiger partial charge in [0.2, 0.25) is 11.8 Å². The molecule has 6 nitrogen and oxygen atoms in total. The number of halogens is 1. The smallest absolute Gasteiger partial charge is 0.306 e. The summed E-state index contributed by atoms with van der Waals surface area (Å²) >= 11 is 0. The van der Waals surface area contributed by atoms with Gasteiger partial charge in [0.1, 0.15) is 5.82 Å². The van der Waals surface area contributed by atoms with E-state index in [1.807, 2.05) is 0 Å². The molecule has 2 atom stereocenters. The molecule has 1 fully saturated rings. The molecule has 2 amide bonds. The van der Waals surface area contributed by atoms with Crippen LogP contribution < -0.4 is 10.6 Å². The maximum atomic E-state index is 13.7. The molecule has 1 aliphatic carbocycles. The van der Waals surface area contributed by atoms with Crippen LogP contribution in [0.3, 0.4) is 0 Å². The number of rotatable bonds is 4. The van der Waals surface area contributed by atoms with Gasteiger partial charge in [0, 0.05) is 18.5 Å². The number of hydrogen-bond donors (Lipinski definition) is 3. The molecular weight excluding hydrogens is 291 g/mol. The van der Waals surface area contributed by atoms with Crippen LogP contribution in [-0.2, 0) is 14.4 Å². The lowest BCUT2D eigenvalue weighted by Gasteiger charge is -2.12. The minimum atomic E-state index is -0.908. The molecule has 0 spiro atoms. The van der Waals surface area contributed by atoms with E-state index in [0.717, 1.165) is 6.07 Å². The zero-order valence-electron chi connectivity index (χ0n) is 12.1. The molecular formula is C15H17FN2O4. The van der Waals surface area contributed by atoms with Crippen LogP contribution in [0.15, 0.2) is 18.2 Å². The van der Waals surface area contributed by atoms with Gasteiger partial charge < -0.3 is 15.7 Å². The van der Waals surface area contributed by atoms with E-state index < -0.39 is 29.5 Å². The van der Waals surface area contributed by atoms with Gasteiger partial charge >= 0.3 is 5.97 Å². The summed E-state index contributed by atoms with van der Waals surface area (Å²) in [4.78, 5) is 34.0. The summed E-state index contributed by atoms with van der Waals surface area (Å²) in [5.74, 6) is -3.19. The van der Waals surface area contributed by atoms with Crippen molar-refractivity contribution < 1.29 is 23.9 Å². The topological polar surface area (TPSA) is 95.5 Å². The molecule has 0 aliphatic heterocycles. The van der Waals surface area contributed by atoms with Crippen LogP contribution in [0.2, 0.25) is 0 Å². The van der Waals surface area contributed by atoms with Crippen LogP contribution in [0.5, 0.6) is 0 Å². The molecule has 0 aromatic heterocycles. The average molecular weight is 308 g/mol. The van der Waals surface area contributed by atoms with Crippen LogP contribution in [0.25, 0.3) is 0 Å². The maximum Gasteiger partial charge on any atom is 0.306 e. The van der Waals surface area contributed by atoms with Gasteiger partial charge in [-0.15, -0.1) is 0 Å². The summed E-state index contributed by atoms with van der Waals surface area (Å²) in [6.07, 6.45) is 1.17. The van der Waals surface area contributed by atoms with Crippen LogP contribution in [-0.4, -0.2) is 22.9 Å². The predicted octanol–water partition coefficient (Wildman–Crippen LogP) is 2.22. The summed E-state index contributed by atoms with van der Waals surface area (Å²) in [7, 11) is 0. The van der Waals surface area contributed by atoms with Gasteiger partial charge in [0.05, 0.1) is 11.6 Å². The maximum absolute atomic E-state index is 13.7. The Morgan fingerprint density at radius 1 is 1.18 bits per heavy atom. The monoisotopic (exact) mass is 308 g/mol. The number of carbonyl (C=O) groups excluding carboxylic acids is 2. The highest BCUT2D eigenvalue weighted by Crippen LogP contribution is 2.32. The second-order valence-corrected chi connectivity index (χ2v) is 5.41. The molecule has 22 heavy (non-hydrogen) atoms. The highest BCUT2D eigenvalue weighted by atomic mass is 19.1. The highest BCUT2D eigenvalue weighted by Gasteiger charge is 2.34. The molecule has 2 rings (SSSR count). The summed E-state index contributed by atoms with van der Waals surface area (Å²) in [5.41, 5.74) is 0.342. The molecule has 7 heteroatoms. The van der Waals surface area contributed by atoms with Crippen LogP contribution in [0.1, 0.15) is 26.2 Å². The molecule has 0 bridgehead atoms. The zero-order chi connectivity index (χ0) is 16.3. The van der Waals surface area contributed by atoms with Gasteiger partial charge in [-0.2, -0.15) is 0 Å². The molecule has 0 heterocycles. The van der Waals surface area contributed by atoms with Crippen molar-refractivity contribution in [3.8, 4) is 0 Å². The summed E-state index contributed by atoms with van der Waals surface area (Å²) in [6.45, 7) is 1.33. The Kier molecular flexibility index (Phi) is 4.75. The third kappa shape index (κ3) is 3.81. The van der Waals surface area contributed by atoms with Crippen molar-refractivity contribution in [2.45, 2.75) is 26.2 Å². The first kappa shape index (κ1) is 15.9. The molecule has 1 saturated carbocycles. The van der Waals surface area contributed by atoms with Crippen LogP contribution in [0.4, 0.5) is 15.8 Å². The van der Waals surface area contributed by atoms with E-state index in [2.05, 4.69) is 10.6 Å². The Morgan fingerprint density at radius 2 is 1.86 bits per heavy atom. The number of aliphatic carboxylic acids is 1. The molecule has 1 aromatic carbocycles. The molecule has 118 valence electrons. The molecule has 3 N–H and O–H groups in total. The average Bonchev–Trinajstić information content (AvgIpc) is 2.92. The zero-order valence-corrected chi connectivity index (χ0v) is 12.1. The summed E-state index contributed by atoms with van der Waals surface area (Å²) in [6, 6.07) is 3.87. The van der Waals surface area contributed by atoms with Gasteiger partial charge in [0.25, 0.3) is 0 Å². The predicted molar refractivity (Wildman–Crippen MR) is 77.8 cm³/mol. The number of anilines is 2. The fraction of sp³-hybridized carbons (Fsp3) is 0.400. The summed E-state index contributed by atoms with van der Waals surface area (Å²) < 4.78 is 13.7. The van der Waals surface area contributed by atoms with Crippen LogP contribution >= 0.6 is 0 Å². The second-order valence-electron chi connectivity index (χ2n) is 5.41. The number of amides is 2. The normalized spacial score (nSPS) is 20.5. The number of hydrogen-bond acceptors (Lipinski definition) is 3. The Morgan fingerprint density at radius 3 is 2.45 bits per heavy atom. The van der Waals surface area contributed by atoms with E-state index >= 15 is 0 Å².